The molecule has 4 rings (SSSR count). The lowest BCUT2D eigenvalue weighted by Gasteiger charge is -2.21. The summed E-state index contributed by atoms with van der Waals surface area (Å²) in [4.78, 5) is 19.3. The van der Waals surface area contributed by atoms with Crippen LogP contribution in [0.3, 0.4) is 0 Å². The largest absolute Gasteiger partial charge is 0.490 e. The first-order chi connectivity index (χ1) is 15.2. The van der Waals surface area contributed by atoms with Crippen molar-refractivity contribution in [2.75, 3.05) is 29.9 Å². The zero-order valence-electron chi connectivity index (χ0n) is 17.7. The van der Waals surface area contributed by atoms with E-state index in [0.717, 1.165) is 30.0 Å². The number of anilines is 2. The monoisotopic (exact) mass is 417 g/mol. The summed E-state index contributed by atoms with van der Waals surface area (Å²) in [7, 11) is 0. The van der Waals surface area contributed by atoms with Crippen molar-refractivity contribution in [3.63, 3.8) is 0 Å². The fourth-order valence-corrected chi connectivity index (χ4v) is 3.68. The molecule has 160 valence electrons. The SMILES string of the molecule is CCOc1cc(C(=O)Nc2ccccc2N2CCCC2)ccc1OCc1ccncc1. The van der Waals surface area contributed by atoms with E-state index in [1.165, 1.54) is 12.8 Å². The van der Waals surface area contributed by atoms with Crippen LogP contribution in [0.2, 0.25) is 0 Å². The third-order valence-corrected chi connectivity index (χ3v) is 5.25. The molecule has 1 aromatic heterocycles. The van der Waals surface area contributed by atoms with Gasteiger partial charge < -0.3 is 19.7 Å². The van der Waals surface area contributed by atoms with Gasteiger partial charge in [0.1, 0.15) is 6.61 Å². The molecule has 0 radical (unpaired) electrons. The lowest BCUT2D eigenvalue weighted by atomic mass is 10.1. The quantitative estimate of drug-likeness (QED) is 0.564. The molecule has 0 atom stereocenters. The van der Waals surface area contributed by atoms with Gasteiger partial charge >= 0.3 is 0 Å². The number of amides is 1. The number of carbonyl (C=O) groups is 1. The highest BCUT2D eigenvalue weighted by Crippen LogP contribution is 2.31. The van der Waals surface area contributed by atoms with Crippen molar-refractivity contribution < 1.29 is 14.3 Å². The predicted octanol–water partition coefficient (Wildman–Crippen LogP) is 4.91. The van der Waals surface area contributed by atoms with Crippen molar-refractivity contribution in [2.24, 2.45) is 0 Å². The van der Waals surface area contributed by atoms with Gasteiger partial charge in [0.05, 0.1) is 18.0 Å². The minimum Gasteiger partial charge on any atom is -0.490 e. The summed E-state index contributed by atoms with van der Waals surface area (Å²) in [5.41, 5.74) is 3.43. The van der Waals surface area contributed by atoms with Gasteiger partial charge in [-0.15, -0.1) is 0 Å². The molecule has 1 aliphatic rings. The average molecular weight is 418 g/mol. The van der Waals surface area contributed by atoms with Crippen LogP contribution in [0.5, 0.6) is 11.5 Å². The zero-order chi connectivity index (χ0) is 21.5. The number of rotatable bonds is 8. The molecule has 0 spiro atoms. The summed E-state index contributed by atoms with van der Waals surface area (Å²) in [6.45, 7) is 4.83. The standard InChI is InChI=1S/C25H27N3O3/c1-2-30-24-17-20(9-10-23(24)31-18-19-11-13-26-14-12-19)25(29)27-21-7-3-4-8-22(21)28-15-5-6-16-28/h3-4,7-14,17H,2,5-6,15-16,18H2,1H3,(H,27,29). The maximum Gasteiger partial charge on any atom is 0.255 e. The smallest absolute Gasteiger partial charge is 0.255 e. The van der Waals surface area contributed by atoms with E-state index in [1.54, 1.807) is 30.6 Å². The lowest BCUT2D eigenvalue weighted by molar-refractivity contribution is 0.102. The Morgan fingerprint density at radius 1 is 1.00 bits per heavy atom. The van der Waals surface area contributed by atoms with Crippen LogP contribution < -0.4 is 19.7 Å². The van der Waals surface area contributed by atoms with E-state index in [-0.39, 0.29) is 5.91 Å². The second-order valence-electron chi connectivity index (χ2n) is 7.40. The molecule has 0 unspecified atom stereocenters. The summed E-state index contributed by atoms with van der Waals surface area (Å²) in [6.07, 6.45) is 5.83. The Balaban J connectivity index is 1.50. The molecule has 1 fully saturated rings. The molecule has 2 heterocycles. The number of nitrogens with one attached hydrogen (secondary N) is 1. The Morgan fingerprint density at radius 2 is 1.77 bits per heavy atom. The second-order valence-corrected chi connectivity index (χ2v) is 7.40. The summed E-state index contributed by atoms with van der Waals surface area (Å²) < 4.78 is 11.7. The Kier molecular flexibility index (Phi) is 6.67. The van der Waals surface area contributed by atoms with Crippen LogP contribution in [0.1, 0.15) is 35.7 Å². The van der Waals surface area contributed by atoms with E-state index in [2.05, 4.69) is 21.3 Å². The van der Waals surface area contributed by atoms with Crippen LogP contribution in [0.15, 0.2) is 67.0 Å². The topological polar surface area (TPSA) is 63.7 Å². The number of pyridine rings is 1. The van der Waals surface area contributed by atoms with Crippen molar-refractivity contribution in [3.8, 4) is 11.5 Å². The molecule has 0 saturated carbocycles. The second kappa shape index (κ2) is 9.98. The van der Waals surface area contributed by atoms with Gasteiger partial charge in [-0.25, -0.2) is 0 Å². The molecular formula is C25H27N3O3. The van der Waals surface area contributed by atoms with Gasteiger partial charge in [0.15, 0.2) is 11.5 Å². The predicted molar refractivity (Wildman–Crippen MR) is 122 cm³/mol. The first-order valence-corrected chi connectivity index (χ1v) is 10.7. The Labute approximate surface area is 182 Å². The highest BCUT2D eigenvalue weighted by molar-refractivity contribution is 6.06. The molecule has 6 nitrogen and oxygen atoms in total. The minimum absolute atomic E-state index is 0.173. The van der Waals surface area contributed by atoms with Gasteiger partial charge in [-0.2, -0.15) is 0 Å². The number of ether oxygens (including phenoxy) is 2. The number of hydrogen-bond acceptors (Lipinski definition) is 5. The molecule has 1 N–H and O–H groups in total. The fourth-order valence-electron chi connectivity index (χ4n) is 3.68. The van der Waals surface area contributed by atoms with Crippen LogP contribution in [0, 0.1) is 0 Å². The molecule has 0 aliphatic carbocycles. The molecule has 31 heavy (non-hydrogen) atoms. The van der Waals surface area contributed by atoms with Crippen molar-refractivity contribution in [1.82, 2.24) is 4.98 Å². The van der Waals surface area contributed by atoms with Crippen LogP contribution in [-0.4, -0.2) is 30.6 Å². The maximum atomic E-state index is 13.0. The number of benzene rings is 2. The summed E-state index contributed by atoms with van der Waals surface area (Å²) >= 11 is 0. The van der Waals surface area contributed by atoms with Crippen LogP contribution in [-0.2, 0) is 6.61 Å². The summed E-state index contributed by atoms with van der Waals surface area (Å²) in [6, 6.07) is 17.0. The molecule has 3 aromatic rings. The van der Waals surface area contributed by atoms with E-state index in [1.807, 2.05) is 37.3 Å². The number of para-hydroxylation sites is 2. The number of carbonyl (C=O) groups excluding carboxylic acids is 1. The van der Waals surface area contributed by atoms with E-state index in [4.69, 9.17) is 9.47 Å². The lowest BCUT2D eigenvalue weighted by Crippen LogP contribution is -2.21. The van der Waals surface area contributed by atoms with Crippen molar-refractivity contribution in [1.29, 1.82) is 0 Å². The highest BCUT2D eigenvalue weighted by Gasteiger charge is 2.18. The Bertz CT molecular complexity index is 1020. The molecule has 6 heteroatoms. The van der Waals surface area contributed by atoms with Crippen molar-refractivity contribution >= 4 is 17.3 Å². The van der Waals surface area contributed by atoms with Gasteiger partial charge in [0.2, 0.25) is 0 Å². The molecule has 1 saturated heterocycles. The zero-order valence-corrected chi connectivity index (χ0v) is 17.7. The molecule has 2 aromatic carbocycles. The maximum absolute atomic E-state index is 13.0. The Hall–Kier alpha value is -3.54. The van der Waals surface area contributed by atoms with Crippen LogP contribution in [0.25, 0.3) is 0 Å². The van der Waals surface area contributed by atoms with Gasteiger partial charge in [-0.05, 0) is 67.8 Å². The fraction of sp³-hybridized carbons (Fsp3) is 0.280. The molecule has 1 amide bonds. The molecule has 0 bridgehead atoms. The third-order valence-electron chi connectivity index (χ3n) is 5.25. The van der Waals surface area contributed by atoms with Gasteiger partial charge in [-0.1, -0.05) is 12.1 Å². The van der Waals surface area contributed by atoms with E-state index in [9.17, 15) is 4.79 Å². The van der Waals surface area contributed by atoms with E-state index >= 15 is 0 Å². The van der Waals surface area contributed by atoms with E-state index in [0.29, 0.717) is 30.3 Å². The minimum atomic E-state index is -0.173. The van der Waals surface area contributed by atoms with Crippen molar-refractivity contribution in [3.05, 3.63) is 78.1 Å². The van der Waals surface area contributed by atoms with E-state index < -0.39 is 0 Å². The average Bonchev–Trinajstić information content (AvgIpc) is 3.34. The summed E-state index contributed by atoms with van der Waals surface area (Å²) in [5.74, 6) is 0.984. The number of hydrogen-bond donors (Lipinski definition) is 1. The summed E-state index contributed by atoms with van der Waals surface area (Å²) in [5, 5.41) is 3.07. The number of aromatic nitrogens is 1. The van der Waals surface area contributed by atoms with Crippen molar-refractivity contribution in [2.45, 2.75) is 26.4 Å². The highest BCUT2D eigenvalue weighted by atomic mass is 16.5. The van der Waals surface area contributed by atoms with Gasteiger partial charge in [0.25, 0.3) is 5.91 Å². The van der Waals surface area contributed by atoms with Crippen LogP contribution >= 0.6 is 0 Å². The Morgan fingerprint density at radius 3 is 2.55 bits per heavy atom. The van der Waals surface area contributed by atoms with Gasteiger partial charge in [-0.3, -0.25) is 9.78 Å². The molecular weight excluding hydrogens is 390 g/mol. The normalized spacial score (nSPS) is 13.1. The molecule has 1 aliphatic heterocycles. The third kappa shape index (κ3) is 5.15. The first-order valence-electron chi connectivity index (χ1n) is 10.7. The number of nitrogens with zero attached hydrogens (tertiary/aromatic N) is 2. The van der Waals surface area contributed by atoms with Gasteiger partial charge in [0, 0.05) is 31.0 Å². The first kappa shape index (κ1) is 20.7. The van der Waals surface area contributed by atoms with Crippen LogP contribution in [0.4, 0.5) is 11.4 Å².